The smallest absolute Gasteiger partial charge is 0.320 e. The standard InChI is InChI=1S/C21H21N5O2/c27-21(28)17-10-5-11-26(17)18(20-24-15-8-3-4-9-16(15)25-20)12-19-22-13-6-1-2-7-14(13)23-19/h1-4,6-9,17-18H,5,10-12H2,(H,22,23)(H,24,25)(H,27,28). The van der Waals surface area contributed by atoms with Crippen LogP contribution in [-0.2, 0) is 11.2 Å². The number of nitrogens with one attached hydrogen (secondary N) is 2. The van der Waals surface area contributed by atoms with E-state index < -0.39 is 12.0 Å². The first-order valence-electron chi connectivity index (χ1n) is 9.56. The van der Waals surface area contributed by atoms with Crippen LogP contribution < -0.4 is 0 Å². The van der Waals surface area contributed by atoms with Gasteiger partial charge in [-0.2, -0.15) is 0 Å². The number of carboxylic acids is 1. The topological polar surface area (TPSA) is 97.9 Å². The maximum Gasteiger partial charge on any atom is 0.320 e. The molecule has 0 spiro atoms. The number of carboxylic acid groups (broad SMARTS) is 1. The van der Waals surface area contributed by atoms with Crippen LogP contribution in [0.5, 0.6) is 0 Å². The van der Waals surface area contributed by atoms with Gasteiger partial charge in [-0.05, 0) is 43.7 Å². The maximum absolute atomic E-state index is 11.8. The third-order valence-electron chi connectivity index (χ3n) is 5.53. The third kappa shape index (κ3) is 2.93. The van der Waals surface area contributed by atoms with E-state index in [1.54, 1.807) is 0 Å². The molecule has 142 valence electrons. The molecule has 1 aliphatic heterocycles. The largest absolute Gasteiger partial charge is 0.480 e. The van der Waals surface area contributed by atoms with E-state index in [0.29, 0.717) is 12.8 Å². The van der Waals surface area contributed by atoms with E-state index in [2.05, 4.69) is 9.97 Å². The van der Waals surface area contributed by atoms with Crippen molar-refractivity contribution in [1.82, 2.24) is 24.8 Å². The molecule has 4 aromatic rings. The minimum atomic E-state index is -0.775. The highest BCUT2D eigenvalue weighted by Crippen LogP contribution is 2.32. The van der Waals surface area contributed by atoms with Gasteiger partial charge in [0.2, 0.25) is 0 Å². The summed E-state index contributed by atoms with van der Waals surface area (Å²) in [6.07, 6.45) is 2.10. The Morgan fingerprint density at radius 1 is 1.07 bits per heavy atom. The van der Waals surface area contributed by atoms with Crippen molar-refractivity contribution in [1.29, 1.82) is 0 Å². The van der Waals surface area contributed by atoms with Gasteiger partial charge >= 0.3 is 5.97 Å². The highest BCUT2D eigenvalue weighted by atomic mass is 16.4. The van der Waals surface area contributed by atoms with E-state index in [1.165, 1.54) is 0 Å². The Morgan fingerprint density at radius 3 is 2.43 bits per heavy atom. The van der Waals surface area contributed by atoms with Crippen LogP contribution in [0.1, 0.15) is 30.5 Å². The fourth-order valence-electron chi connectivity index (χ4n) is 4.21. The van der Waals surface area contributed by atoms with E-state index in [0.717, 1.165) is 46.7 Å². The Kier molecular flexibility index (Phi) is 4.09. The van der Waals surface area contributed by atoms with E-state index in [9.17, 15) is 9.90 Å². The number of aliphatic carboxylic acids is 1. The summed E-state index contributed by atoms with van der Waals surface area (Å²) in [5.41, 5.74) is 3.74. The fraction of sp³-hybridized carbons (Fsp3) is 0.286. The highest BCUT2D eigenvalue weighted by Gasteiger charge is 2.37. The minimum Gasteiger partial charge on any atom is -0.480 e. The van der Waals surface area contributed by atoms with Crippen molar-refractivity contribution < 1.29 is 9.90 Å². The normalized spacial score (nSPS) is 18.8. The van der Waals surface area contributed by atoms with Gasteiger partial charge in [0.15, 0.2) is 0 Å². The molecular formula is C21H21N5O2. The summed E-state index contributed by atoms with van der Waals surface area (Å²) in [4.78, 5) is 30.1. The number of nitrogens with zero attached hydrogens (tertiary/aromatic N) is 3. The summed E-state index contributed by atoms with van der Waals surface area (Å²) in [5, 5.41) is 9.70. The predicted octanol–water partition coefficient (Wildman–Crippen LogP) is 3.27. The van der Waals surface area contributed by atoms with E-state index in [1.807, 2.05) is 53.4 Å². The van der Waals surface area contributed by atoms with Crippen molar-refractivity contribution in [3.8, 4) is 0 Å². The average molecular weight is 375 g/mol. The lowest BCUT2D eigenvalue weighted by Crippen LogP contribution is -2.40. The van der Waals surface area contributed by atoms with Crippen molar-refractivity contribution >= 4 is 28.0 Å². The number of imidazole rings is 2. The zero-order valence-electron chi connectivity index (χ0n) is 15.3. The molecule has 0 aliphatic carbocycles. The zero-order valence-corrected chi connectivity index (χ0v) is 15.3. The second-order valence-corrected chi connectivity index (χ2v) is 7.29. The number of hydrogen-bond donors (Lipinski definition) is 3. The number of para-hydroxylation sites is 4. The van der Waals surface area contributed by atoms with Gasteiger partial charge in [0, 0.05) is 6.42 Å². The van der Waals surface area contributed by atoms with Crippen molar-refractivity contribution in [2.45, 2.75) is 31.3 Å². The minimum absolute atomic E-state index is 0.184. The Morgan fingerprint density at radius 2 is 1.75 bits per heavy atom. The average Bonchev–Trinajstić information content (AvgIpc) is 3.42. The van der Waals surface area contributed by atoms with E-state index in [-0.39, 0.29) is 6.04 Å². The van der Waals surface area contributed by atoms with Gasteiger partial charge in [0.25, 0.3) is 0 Å². The molecule has 2 aromatic heterocycles. The molecule has 1 saturated heterocycles. The zero-order chi connectivity index (χ0) is 19.1. The van der Waals surface area contributed by atoms with Crippen LogP contribution in [0, 0.1) is 0 Å². The van der Waals surface area contributed by atoms with Crippen molar-refractivity contribution in [3.63, 3.8) is 0 Å². The van der Waals surface area contributed by atoms with Gasteiger partial charge in [0.1, 0.15) is 17.7 Å². The lowest BCUT2D eigenvalue weighted by atomic mass is 10.1. The molecule has 28 heavy (non-hydrogen) atoms. The molecule has 0 bridgehead atoms. The van der Waals surface area contributed by atoms with Gasteiger partial charge in [-0.1, -0.05) is 24.3 Å². The molecule has 3 heterocycles. The maximum atomic E-state index is 11.8. The number of benzene rings is 2. The summed E-state index contributed by atoms with van der Waals surface area (Å²) in [5.74, 6) is 0.848. The number of carbonyl (C=O) groups is 1. The summed E-state index contributed by atoms with van der Waals surface area (Å²) >= 11 is 0. The number of fused-ring (bicyclic) bond motifs is 2. The first-order chi connectivity index (χ1) is 13.7. The van der Waals surface area contributed by atoms with Crippen LogP contribution in [0.3, 0.4) is 0 Å². The van der Waals surface area contributed by atoms with Crippen LogP contribution >= 0.6 is 0 Å². The van der Waals surface area contributed by atoms with Gasteiger partial charge in [-0.3, -0.25) is 9.69 Å². The molecule has 7 nitrogen and oxygen atoms in total. The molecule has 0 radical (unpaired) electrons. The Bertz CT molecular complexity index is 1080. The van der Waals surface area contributed by atoms with Gasteiger partial charge < -0.3 is 15.1 Å². The molecule has 3 N–H and O–H groups in total. The molecule has 0 saturated carbocycles. The predicted molar refractivity (Wildman–Crippen MR) is 106 cm³/mol. The Labute approximate surface area is 161 Å². The van der Waals surface area contributed by atoms with E-state index >= 15 is 0 Å². The number of aromatic nitrogens is 4. The number of likely N-dealkylation sites (tertiary alicyclic amines) is 1. The fourth-order valence-corrected chi connectivity index (χ4v) is 4.21. The molecule has 1 aliphatic rings. The van der Waals surface area contributed by atoms with E-state index in [4.69, 9.17) is 9.97 Å². The number of H-pyrrole nitrogens is 2. The first-order valence-corrected chi connectivity index (χ1v) is 9.56. The Hall–Kier alpha value is -3.19. The molecule has 2 unspecified atom stereocenters. The monoisotopic (exact) mass is 375 g/mol. The lowest BCUT2D eigenvalue weighted by molar-refractivity contribution is -0.143. The van der Waals surface area contributed by atoms with Crippen molar-refractivity contribution in [3.05, 3.63) is 60.2 Å². The summed E-state index contributed by atoms with van der Waals surface area (Å²) in [6.45, 7) is 0.735. The van der Waals surface area contributed by atoms with Crippen LogP contribution in [0.2, 0.25) is 0 Å². The number of rotatable bonds is 5. The van der Waals surface area contributed by atoms with Crippen LogP contribution in [0.15, 0.2) is 48.5 Å². The van der Waals surface area contributed by atoms with Crippen LogP contribution in [0.4, 0.5) is 0 Å². The van der Waals surface area contributed by atoms with Gasteiger partial charge in [0.05, 0.1) is 28.1 Å². The molecule has 7 heteroatoms. The second kappa shape index (κ2) is 6.76. The molecule has 2 atom stereocenters. The van der Waals surface area contributed by atoms with Crippen LogP contribution in [-0.4, -0.2) is 48.5 Å². The first kappa shape index (κ1) is 16.9. The number of aromatic amines is 2. The molecular weight excluding hydrogens is 354 g/mol. The molecule has 1 fully saturated rings. The lowest BCUT2D eigenvalue weighted by Gasteiger charge is -2.29. The summed E-state index contributed by atoms with van der Waals surface area (Å²) < 4.78 is 0. The summed E-state index contributed by atoms with van der Waals surface area (Å²) in [6, 6.07) is 15.1. The molecule has 2 aromatic carbocycles. The highest BCUT2D eigenvalue weighted by molar-refractivity contribution is 5.76. The van der Waals surface area contributed by atoms with Gasteiger partial charge in [-0.15, -0.1) is 0 Å². The molecule has 0 amide bonds. The molecule has 5 rings (SSSR count). The third-order valence-corrected chi connectivity index (χ3v) is 5.53. The SMILES string of the molecule is O=C(O)C1CCCN1C(Cc1nc2ccccc2[nH]1)c1nc2ccccc2[nH]1. The van der Waals surface area contributed by atoms with Crippen LogP contribution in [0.25, 0.3) is 22.1 Å². The van der Waals surface area contributed by atoms with Gasteiger partial charge in [-0.25, -0.2) is 9.97 Å². The van der Waals surface area contributed by atoms with Crippen molar-refractivity contribution in [2.75, 3.05) is 6.54 Å². The summed E-state index contributed by atoms with van der Waals surface area (Å²) in [7, 11) is 0. The van der Waals surface area contributed by atoms with Crippen molar-refractivity contribution in [2.24, 2.45) is 0 Å². The number of hydrogen-bond acceptors (Lipinski definition) is 4. The second-order valence-electron chi connectivity index (χ2n) is 7.29. The Balaban J connectivity index is 1.56. The quantitative estimate of drug-likeness (QED) is 0.497.